The van der Waals surface area contributed by atoms with Crippen LogP contribution in [0.1, 0.15) is 30.1 Å². The third kappa shape index (κ3) is 4.56. The van der Waals surface area contributed by atoms with Crippen LogP contribution in [0.5, 0.6) is 5.75 Å². The van der Waals surface area contributed by atoms with Crippen LogP contribution in [0.3, 0.4) is 0 Å². The first-order chi connectivity index (χ1) is 8.99. The van der Waals surface area contributed by atoms with Crippen molar-refractivity contribution in [3.63, 3.8) is 0 Å². The Morgan fingerprint density at radius 3 is 2.47 bits per heavy atom. The Bertz CT molecular complexity index is 429. The first kappa shape index (κ1) is 16.1. The number of hydrogen-bond acceptors (Lipinski definition) is 3. The molecular formula is C13H17Cl2NO3. The van der Waals surface area contributed by atoms with Crippen LogP contribution in [0.15, 0.2) is 12.1 Å². The summed E-state index contributed by atoms with van der Waals surface area (Å²) < 4.78 is 5.02. The van der Waals surface area contributed by atoms with E-state index in [1.807, 2.05) is 6.92 Å². The summed E-state index contributed by atoms with van der Waals surface area (Å²) in [5.41, 5.74) is 0.381. The predicted octanol–water partition coefficient (Wildman–Crippen LogP) is 2.89. The van der Waals surface area contributed by atoms with E-state index in [1.165, 1.54) is 19.2 Å². The molecule has 0 aromatic heterocycles. The van der Waals surface area contributed by atoms with Crippen LogP contribution in [0.25, 0.3) is 0 Å². The molecule has 0 saturated heterocycles. The molecule has 1 aromatic carbocycles. The molecule has 0 spiro atoms. The minimum absolute atomic E-state index is 0.0284. The maximum Gasteiger partial charge on any atom is 0.251 e. The molecule has 6 heteroatoms. The molecule has 0 aliphatic heterocycles. The van der Waals surface area contributed by atoms with Crippen molar-refractivity contribution in [2.75, 3.05) is 13.7 Å². The molecule has 0 radical (unpaired) electrons. The fourth-order valence-electron chi connectivity index (χ4n) is 1.66. The lowest BCUT2D eigenvalue weighted by molar-refractivity contribution is 0.0936. The predicted molar refractivity (Wildman–Crippen MR) is 76.3 cm³/mol. The molecule has 4 nitrogen and oxygen atoms in total. The number of ether oxygens (including phenoxy) is 1. The lowest BCUT2D eigenvalue weighted by Crippen LogP contribution is -2.32. The normalized spacial score (nSPS) is 12.1. The van der Waals surface area contributed by atoms with Gasteiger partial charge < -0.3 is 15.2 Å². The van der Waals surface area contributed by atoms with Gasteiger partial charge in [-0.15, -0.1) is 0 Å². The number of aliphatic hydroxyl groups excluding tert-OH is 1. The molecule has 0 fully saturated rings. The Kier molecular flexibility index (Phi) is 6.42. The Hall–Kier alpha value is -0.970. The summed E-state index contributed by atoms with van der Waals surface area (Å²) in [5.74, 6) is 0.102. The Morgan fingerprint density at radius 2 is 2.00 bits per heavy atom. The fraction of sp³-hybridized carbons (Fsp3) is 0.462. The maximum atomic E-state index is 12.0. The van der Waals surface area contributed by atoms with Crippen molar-refractivity contribution in [2.45, 2.75) is 25.8 Å². The van der Waals surface area contributed by atoms with Crippen LogP contribution in [0.2, 0.25) is 10.0 Å². The molecule has 106 valence electrons. The highest BCUT2D eigenvalue weighted by molar-refractivity contribution is 6.37. The summed E-state index contributed by atoms with van der Waals surface area (Å²) in [4.78, 5) is 12.0. The van der Waals surface area contributed by atoms with Gasteiger partial charge in [-0.25, -0.2) is 0 Å². The van der Waals surface area contributed by atoms with Gasteiger partial charge in [0.25, 0.3) is 5.91 Å². The molecule has 2 N–H and O–H groups in total. The zero-order chi connectivity index (χ0) is 14.4. The second kappa shape index (κ2) is 7.58. The van der Waals surface area contributed by atoms with Crippen molar-refractivity contribution in [3.8, 4) is 5.75 Å². The molecule has 0 saturated carbocycles. The van der Waals surface area contributed by atoms with Crippen LogP contribution in [-0.4, -0.2) is 30.8 Å². The van der Waals surface area contributed by atoms with Gasteiger partial charge in [-0.2, -0.15) is 0 Å². The van der Waals surface area contributed by atoms with Crippen molar-refractivity contribution < 1.29 is 14.6 Å². The number of hydrogen-bond donors (Lipinski definition) is 2. The second-order valence-corrected chi connectivity index (χ2v) is 5.03. The van der Waals surface area contributed by atoms with Crippen molar-refractivity contribution >= 4 is 29.1 Å². The van der Waals surface area contributed by atoms with E-state index in [9.17, 15) is 4.79 Å². The van der Waals surface area contributed by atoms with E-state index in [-0.39, 0.29) is 18.6 Å². The quantitative estimate of drug-likeness (QED) is 0.849. The topological polar surface area (TPSA) is 58.6 Å². The molecule has 0 bridgehead atoms. The van der Waals surface area contributed by atoms with Gasteiger partial charge in [0, 0.05) is 18.2 Å². The number of aliphatic hydroxyl groups is 1. The van der Waals surface area contributed by atoms with Crippen molar-refractivity contribution in [1.29, 1.82) is 0 Å². The van der Waals surface area contributed by atoms with Gasteiger partial charge in [-0.05, 0) is 31.9 Å². The lowest BCUT2D eigenvalue weighted by atomic mass is 10.1. The third-order valence-corrected chi connectivity index (χ3v) is 3.20. The SMILES string of the molecule is COc1c(Cl)cc(C(=O)NC(C)CCCO)cc1Cl. The van der Waals surface area contributed by atoms with Crippen LogP contribution >= 0.6 is 23.2 Å². The van der Waals surface area contributed by atoms with Crippen molar-refractivity contribution in [3.05, 3.63) is 27.7 Å². The molecule has 1 unspecified atom stereocenters. The lowest BCUT2D eigenvalue weighted by Gasteiger charge is -2.14. The monoisotopic (exact) mass is 305 g/mol. The van der Waals surface area contributed by atoms with Gasteiger partial charge in [0.1, 0.15) is 0 Å². The van der Waals surface area contributed by atoms with Crippen LogP contribution in [0.4, 0.5) is 0 Å². The maximum absolute atomic E-state index is 12.0. The van der Waals surface area contributed by atoms with Crippen LogP contribution < -0.4 is 10.1 Å². The zero-order valence-corrected chi connectivity index (χ0v) is 12.4. The number of amides is 1. The van der Waals surface area contributed by atoms with E-state index in [0.717, 1.165) is 0 Å². The largest absolute Gasteiger partial charge is 0.494 e. The number of benzene rings is 1. The Morgan fingerprint density at radius 1 is 1.42 bits per heavy atom. The summed E-state index contributed by atoms with van der Waals surface area (Å²) in [5, 5.41) is 12.1. The summed E-state index contributed by atoms with van der Waals surface area (Å²) >= 11 is 12.0. The number of carbonyl (C=O) groups excluding carboxylic acids is 1. The molecule has 0 heterocycles. The van der Waals surface area contributed by atoms with E-state index in [2.05, 4.69) is 5.32 Å². The Balaban J connectivity index is 2.78. The Labute approximate surface area is 122 Å². The molecule has 1 amide bonds. The van der Waals surface area contributed by atoms with Gasteiger partial charge in [-0.1, -0.05) is 23.2 Å². The van der Waals surface area contributed by atoms with E-state index in [1.54, 1.807) is 0 Å². The smallest absolute Gasteiger partial charge is 0.251 e. The molecular weight excluding hydrogens is 289 g/mol. The third-order valence-electron chi connectivity index (χ3n) is 2.64. The molecule has 0 aliphatic rings. The van der Waals surface area contributed by atoms with Gasteiger partial charge in [0.15, 0.2) is 5.75 Å². The van der Waals surface area contributed by atoms with Crippen LogP contribution in [-0.2, 0) is 0 Å². The van der Waals surface area contributed by atoms with Crippen molar-refractivity contribution in [1.82, 2.24) is 5.32 Å². The van der Waals surface area contributed by atoms with Gasteiger partial charge in [0.2, 0.25) is 0 Å². The van der Waals surface area contributed by atoms with Crippen LogP contribution in [0, 0.1) is 0 Å². The summed E-state index contributed by atoms with van der Waals surface area (Å²) in [7, 11) is 1.46. The fourth-order valence-corrected chi connectivity index (χ4v) is 2.30. The second-order valence-electron chi connectivity index (χ2n) is 4.21. The summed E-state index contributed by atoms with van der Waals surface area (Å²) in [6.45, 7) is 1.99. The first-order valence-electron chi connectivity index (χ1n) is 5.94. The number of nitrogens with one attached hydrogen (secondary N) is 1. The minimum atomic E-state index is -0.253. The molecule has 0 aliphatic carbocycles. The number of rotatable bonds is 6. The highest BCUT2D eigenvalue weighted by atomic mass is 35.5. The average Bonchev–Trinajstić information content (AvgIpc) is 2.35. The molecule has 1 rings (SSSR count). The van der Waals surface area contributed by atoms with E-state index < -0.39 is 0 Å². The van der Waals surface area contributed by atoms with E-state index in [4.69, 9.17) is 33.0 Å². The minimum Gasteiger partial charge on any atom is -0.494 e. The molecule has 19 heavy (non-hydrogen) atoms. The van der Waals surface area contributed by atoms with Gasteiger partial charge in [0.05, 0.1) is 17.2 Å². The highest BCUT2D eigenvalue weighted by Crippen LogP contribution is 2.33. The standard InChI is InChI=1S/C13H17Cl2NO3/c1-8(4-3-5-17)16-13(18)9-6-10(14)12(19-2)11(15)7-9/h6-8,17H,3-5H2,1-2H3,(H,16,18). The van der Waals surface area contributed by atoms with E-state index >= 15 is 0 Å². The number of halogens is 2. The number of carbonyl (C=O) groups is 1. The van der Waals surface area contributed by atoms with E-state index in [0.29, 0.717) is 34.2 Å². The number of methoxy groups -OCH3 is 1. The summed E-state index contributed by atoms with van der Waals surface area (Å²) in [6.07, 6.45) is 1.35. The van der Waals surface area contributed by atoms with Gasteiger partial charge >= 0.3 is 0 Å². The summed E-state index contributed by atoms with van der Waals surface area (Å²) in [6, 6.07) is 3.00. The molecule has 1 aromatic rings. The first-order valence-corrected chi connectivity index (χ1v) is 6.70. The zero-order valence-electron chi connectivity index (χ0n) is 10.9. The van der Waals surface area contributed by atoms with Crippen molar-refractivity contribution in [2.24, 2.45) is 0 Å². The average molecular weight is 306 g/mol. The highest BCUT2D eigenvalue weighted by Gasteiger charge is 2.14. The molecule has 1 atom stereocenters. The van der Waals surface area contributed by atoms with Gasteiger partial charge in [-0.3, -0.25) is 4.79 Å².